The number of nitrogens with zero attached hydrogens (tertiary/aromatic N) is 3. The van der Waals surface area contributed by atoms with Crippen molar-refractivity contribution >= 4 is 0 Å². The first kappa shape index (κ1) is 11.4. The summed E-state index contributed by atoms with van der Waals surface area (Å²) < 4.78 is 1.84. The van der Waals surface area contributed by atoms with Gasteiger partial charge in [0, 0.05) is 24.0 Å². The summed E-state index contributed by atoms with van der Waals surface area (Å²) in [6.07, 6.45) is 8.55. The molecule has 1 aliphatic carbocycles. The number of hydrogen-bond donors (Lipinski definition) is 1. The summed E-state index contributed by atoms with van der Waals surface area (Å²) in [6, 6.07) is 2.22. The van der Waals surface area contributed by atoms with Gasteiger partial charge in [-0.25, -0.2) is 9.67 Å². The Morgan fingerprint density at radius 3 is 2.89 bits per heavy atom. The van der Waals surface area contributed by atoms with E-state index < -0.39 is 0 Å². The third-order valence-corrected chi connectivity index (χ3v) is 3.51. The van der Waals surface area contributed by atoms with Crippen LogP contribution < -0.4 is 5.73 Å². The molecule has 0 atom stereocenters. The van der Waals surface area contributed by atoms with E-state index in [9.17, 15) is 0 Å². The maximum absolute atomic E-state index is 5.85. The highest BCUT2D eigenvalue weighted by Crippen LogP contribution is 2.23. The van der Waals surface area contributed by atoms with E-state index in [1.54, 1.807) is 0 Å². The van der Waals surface area contributed by atoms with Crippen LogP contribution in [0.25, 0.3) is 5.82 Å². The second-order valence-electron chi connectivity index (χ2n) is 4.95. The highest BCUT2D eigenvalue weighted by molar-refractivity contribution is 5.40. The van der Waals surface area contributed by atoms with Crippen LogP contribution in [-0.2, 0) is 19.4 Å². The molecule has 2 aromatic heterocycles. The Kier molecular flexibility index (Phi) is 2.88. The van der Waals surface area contributed by atoms with Gasteiger partial charge in [0.15, 0.2) is 5.82 Å². The zero-order chi connectivity index (χ0) is 12.5. The molecule has 4 heteroatoms. The van der Waals surface area contributed by atoms with Gasteiger partial charge in [0.2, 0.25) is 0 Å². The number of pyridine rings is 1. The summed E-state index contributed by atoms with van der Waals surface area (Å²) in [7, 11) is 0. The maximum Gasteiger partial charge on any atom is 0.158 e. The predicted octanol–water partition coefficient (Wildman–Crippen LogP) is 1.91. The second-order valence-corrected chi connectivity index (χ2v) is 4.95. The van der Waals surface area contributed by atoms with Crippen molar-refractivity contribution in [1.29, 1.82) is 0 Å². The maximum atomic E-state index is 5.85. The molecule has 0 amide bonds. The van der Waals surface area contributed by atoms with Crippen molar-refractivity contribution in [2.24, 2.45) is 5.73 Å². The molecule has 0 aliphatic heterocycles. The topological polar surface area (TPSA) is 56.7 Å². The number of rotatable bonds is 2. The molecule has 2 aromatic rings. The van der Waals surface area contributed by atoms with Crippen LogP contribution in [0, 0.1) is 6.92 Å². The third-order valence-electron chi connectivity index (χ3n) is 3.51. The molecule has 0 spiro atoms. The van der Waals surface area contributed by atoms with Crippen molar-refractivity contribution < 1.29 is 0 Å². The zero-order valence-corrected chi connectivity index (χ0v) is 10.7. The predicted molar refractivity (Wildman–Crippen MR) is 70.6 cm³/mol. The summed E-state index contributed by atoms with van der Waals surface area (Å²) in [6.45, 7) is 2.54. The molecular formula is C14H18N4. The van der Waals surface area contributed by atoms with Gasteiger partial charge in [0.1, 0.15) is 0 Å². The first-order valence-electron chi connectivity index (χ1n) is 6.51. The summed E-state index contributed by atoms with van der Waals surface area (Å²) >= 11 is 0. The van der Waals surface area contributed by atoms with E-state index in [-0.39, 0.29) is 0 Å². The van der Waals surface area contributed by atoms with Crippen LogP contribution in [0.4, 0.5) is 0 Å². The van der Waals surface area contributed by atoms with Gasteiger partial charge < -0.3 is 5.73 Å². The largest absolute Gasteiger partial charge is 0.326 e. The van der Waals surface area contributed by atoms with E-state index >= 15 is 0 Å². The summed E-state index contributed by atoms with van der Waals surface area (Å²) in [4.78, 5) is 4.79. The van der Waals surface area contributed by atoms with Gasteiger partial charge in [0.05, 0.1) is 6.20 Å². The highest BCUT2D eigenvalue weighted by Gasteiger charge is 2.15. The first-order valence-corrected chi connectivity index (χ1v) is 6.51. The van der Waals surface area contributed by atoms with Crippen molar-refractivity contribution in [3.8, 4) is 5.82 Å². The van der Waals surface area contributed by atoms with E-state index in [0.29, 0.717) is 6.54 Å². The summed E-state index contributed by atoms with van der Waals surface area (Å²) in [5.74, 6) is 0.895. The Hall–Kier alpha value is -1.68. The van der Waals surface area contributed by atoms with Crippen LogP contribution in [0.15, 0.2) is 18.5 Å². The summed E-state index contributed by atoms with van der Waals surface area (Å²) in [5, 5.41) is 4.34. The van der Waals surface area contributed by atoms with Gasteiger partial charge in [-0.1, -0.05) is 0 Å². The minimum absolute atomic E-state index is 0.508. The van der Waals surface area contributed by atoms with E-state index in [2.05, 4.69) is 11.2 Å². The van der Waals surface area contributed by atoms with Crippen LogP contribution in [0.5, 0.6) is 0 Å². The Balaban J connectivity index is 2.12. The molecule has 0 saturated heterocycles. The number of aryl methyl sites for hydroxylation is 3. The lowest BCUT2D eigenvalue weighted by molar-refractivity contribution is 0.658. The summed E-state index contributed by atoms with van der Waals surface area (Å²) in [5.41, 5.74) is 10.7. The van der Waals surface area contributed by atoms with Crippen LogP contribution in [0.3, 0.4) is 0 Å². The monoisotopic (exact) mass is 242 g/mol. The molecule has 18 heavy (non-hydrogen) atoms. The van der Waals surface area contributed by atoms with Gasteiger partial charge in [-0.2, -0.15) is 5.10 Å². The lowest BCUT2D eigenvalue weighted by atomic mass is 9.95. The van der Waals surface area contributed by atoms with Gasteiger partial charge in [-0.15, -0.1) is 0 Å². The normalized spacial score (nSPS) is 14.6. The highest BCUT2D eigenvalue weighted by atomic mass is 15.3. The molecule has 0 bridgehead atoms. The van der Waals surface area contributed by atoms with E-state index in [0.717, 1.165) is 29.8 Å². The molecular weight excluding hydrogens is 224 g/mol. The molecule has 1 aliphatic rings. The molecule has 3 rings (SSSR count). The van der Waals surface area contributed by atoms with Crippen molar-refractivity contribution in [3.63, 3.8) is 0 Å². The molecule has 0 saturated carbocycles. The molecule has 94 valence electrons. The number of fused-ring (bicyclic) bond motifs is 1. The van der Waals surface area contributed by atoms with Crippen molar-refractivity contribution in [3.05, 3.63) is 40.8 Å². The molecule has 0 fully saturated rings. The van der Waals surface area contributed by atoms with E-state index in [4.69, 9.17) is 10.7 Å². The smallest absolute Gasteiger partial charge is 0.158 e. The number of hydrogen-bond acceptors (Lipinski definition) is 3. The minimum Gasteiger partial charge on any atom is -0.326 e. The fourth-order valence-corrected chi connectivity index (χ4v) is 2.55. The third kappa shape index (κ3) is 1.93. The lowest BCUT2D eigenvalue weighted by Crippen LogP contribution is -2.13. The fraction of sp³-hybridized carbons (Fsp3) is 0.429. The molecule has 2 N–H and O–H groups in total. The standard InChI is InChI=1S/C14H18N4/c1-10-8-16-18(9-10)14-12(7-15)6-11-4-2-3-5-13(11)17-14/h6,8-9H,2-5,7,15H2,1H3. The van der Waals surface area contributed by atoms with Crippen LogP contribution in [0.1, 0.15) is 35.2 Å². The Labute approximate surface area is 107 Å². The van der Waals surface area contributed by atoms with Crippen molar-refractivity contribution in [2.75, 3.05) is 0 Å². The minimum atomic E-state index is 0.508. The average Bonchev–Trinajstić information content (AvgIpc) is 2.83. The number of nitrogens with two attached hydrogens (primary N) is 1. The van der Waals surface area contributed by atoms with Crippen molar-refractivity contribution in [2.45, 2.75) is 39.2 Å². The Morgan fingerprint density at radius 2 is 2.17 bits per heavy atom. The van der Waals surface area contributed by atoms with Crippen LogP contribution in [0.2, 0.25) is 0 Å². The molecule has 2 heterocycles. The van der Waals surface area contributed by atoms with Gasteiger partial charge in [-0.3, -0.25) is 0 Å². The van der Waals surface area contributed by atoms with E-state index in [1.807, 2.05) is 24.0 Å². The van der Waals surface area contributed by atoms with Crippen LogP contribution >= 0.6 is 0 Å². The Morgan fingerprint density at radius 1 is 1.33 bits per heavy atom. The SMILES string of the molecule is Cc1cnn(-c2nc3c(cc2CN)CCCC3)c1. The first-order chi connectivity index (χ1) is 8.78. The molecule has 4 nitrogen and oxygen atoms in total. The van der Waals surface area contributed by atoms with Crippen LogP contribution in [-0.4, -0.2) is 14.8 Å². The van der Waals surface area contributed by atoms with Gasteiger partial charge in [0.25, 0.3) is 0 Å². The quantitative estimate of drug-likeness (QED) is 0.875. The molecule has 0 unspecified atom stereocenters. The lowest BCUT2D eigenvalue weighted by Gasteiger charge is -2.18. The molecule has 0 aromatic carbocycles. The average molecular weight is 242 g/mol. The number of aromatic nitrogens is 3. The zero-order valence-electron chi connectivity index (χ0n) is 10.7. The molecule has 0 radical (unpaired) electrons. The second kappa shape index (κ2) is 4.53. The van der Waals surface area contributed by atoms with Gasteiger partial charge in [-0.05, 0) is 49.8 Å². The van der Waals surface area contributed by atoms with Crippen molar-refractivity contribution in [1.82, 2.24) is 14.8 Å². The van der Waals surface area contributed by atoms with E-state index in [1.165, 1.54) is 24.1 Å². The Bertz CT molecular complexity index is 571. The van der Waals surface area contributed by atoms with Gasteiger partial charge >= 0.3 is 0 Å². The fourth-order valence-electron chi connectivity index (χ4n) is 2.55.